The summed E-state index contributed by atoms with van der Waals surface area (Å²) in [6.07, 6.45) is 0.720. The first-order chi connectivity index (χ1) is 13.6. The largest absolute Gasteiger partial charge is 0.496 e. The summed E-state index contributed by atoms with van der Waals surface area (Å²) in [7, 11) is 3.46. The zero-order chi connectivity index (χ0) is 20.1. The summed E-state index contributed by atoms with van der Waals surface area (Å²) in [6, 6.07) is 18.4. The van der Waals surface area contributed by atoms with Crippen molar-refractivity contribution in [1.29, 1.82) is 0 Å². The fourth-order valence-electron chi connectivity index (χ4n) is 3.67. The molecular weight excluding hydrogens is 348 g/mol. The van der Waals surface area contributed by atoms with Crippen molar-refractivity contribution in [3.05, 3.63) is 88.0 Å². The second kappa shape index (κ2) is 8.83. The molecule has 28 heavy (non-hydrogen) atoms. The fraction of sp³-hybridized carbons (Fsp3) is 0.280. The first kappa shape index (κ1) is 19.8. The van der Waals surface area contributed by atoms with Crippen LogP contribution in [0.25, 0.3) is 0 Å². The maximum absolute atomic E-state index is 6.15. The minimum absolute atomic E-state index is 0.546. The molecule has 0 bridgehead atoms. The quantitative estimate of drug-likeness (QED) is 0.522. The zero-order valence-electron chi connectivity index (χ0n) is 17.3. The Kier molecular flexibility index (Phi) is 6.25. The predicted octanol–water partition coefficient (Wildman–Crippen LogP) is 5.80. The van der Waals surface area contributed by atoms with E-state index in [0.717, 1.165) is 57.1 Å². The Hall–Kier alpha value is -2.94. The summed E-state index contributed by atoms with van der Waals surface area (Å²) in [5, 5.41) is 0. The Bertz CT molecular complexity index is 946. The third-order valence-electron chi connectivity index (χ3n) is 5.30. The fourth-order valence-corrected chi connectivity index (χ4v) is 3.67. The Morgan fingerprint density at radius 3 is 1.96 bits per heavy atom. The van der Waals surface area contributed by atoms with Crippen molar-refractivity contribution in [1.82, 2.24) is 0 Å². The van der Waals surface area contributed by atoms with Crippen LogP contribution in [-0.4, -0.2) is 14.2 Å². The van der Waals surface area contributed by atoms with E-state index in [0.29, 0.717) is 6.61 Å². The van der Waals surface area contributed by atoms with Gasteiger partial charge in [-0.25, -0.2) is 0 Å². The molecule has 0 heterocycles. The number of para-hydroxylation sites is 1. The standard InChI is InChI=1S/C25H28O3/c1-17-18(2)25(27-5)22(19(3)24(17)26-4)15-21-13-9-10-14-23(21)28-16-20-11-7-6-8-12-20/h6-14H,15-16H2,1-5H3. The van der Waals surface area contributed by atoms with Crippen LogP contribution in [0.15, 0.2) is 54.6 Å². The average Bonchev–Trinajstić information content (AvgIpc) is 2.73. The van der Waals surface area contributed by atoms with E-state index in [1.54, 1.807) is 14.2 Å². The summed E-state index contributed by atoms with van der Waals surface area (Å²) in [5.41, 5.74) is 6.76. The van der Waals surface area contributed by atoms with Gasteiger partial charge in [0.2, 0.25) is 0 Å². The van der Waals surface area contributed by atoms with E-state index in [1.807, 2.05) is 36.4 Å². The minimum Gasteiger partial charge on any atom is -0.496 e. The molecule has 0 spiro atoms. The molecule has 0 aliphatic carbocycles. The van der Waals surface area contributed by atoms with Gasteiger partial charge in [0.15, 0.2) is 0 Å². The van der Waals surface area contributed by atoms with Gasteiger partial charge in [-0.2, -0.15) is 0 Å². The first-order valence-corrected chi connectivity index (χ1v) is 9.52. The molecule has 0 amide bonds. The maximum Gasteiger partial charge on any atom is 0.126 e. The minimum atomic E-state index is 0.546. The van der Waals surface area contributed by atoms with Crippen LogP contribution in [0.1, 0.15) is 33.4 Å². The van der Waals surface area contributed by atoms with E-state index in [-0.39, 0.29) is 0 Å². The molecule has 0 N–H and O–H groups in total. The van der Waals surface area contributed by atoms with Crippen molar-refractivity contribution < 1.29 is 14.2 Å². The number of hydrogen-bond acceptors (Lipinski definition) is 3. The van der Waals surface area contributed by atoms with E-state index >= 15 is 0 Å². The molecule has 0 radical (unpaired) electrons. The molecule has 0 fully saturated rings. The lowest BCUT2D eigenvalue weighted by molar-refractivity contribution is 0.303. The highest BCUT2D eigenvalue weighted by molar-refractivity contribution is 5.59. The van der Waals surface area contributed by atoms with Gasteiger partial charge in [0.25, 0.3) is 0 Å². The third-order valence-corrected chi connectivity index (χ3v) is 5.30. The SMILES string of the molecule is COc1c(C)c(C)c(OC)c(Cc2ccccc2OCc2ccccc2)c1C. The number of benzene rings is 3. The summed E-state index contributed by atoms with van der Waals surface area (Å²) in [5.74, 6) is 2.75. The number of methoxy groups -OCH3 is 2. The average molecular weight is 376 g/mol. The monoisotopic (exact) mass is 376 g/mol. The van der Waals surface area contributed by atoms with Gasteiger partial charge in [0.1, 0.15) is 23.9 Å². The van der Waals surface area contributed by atoms with E-state index in [1.165, 1.54) is 0 Å². The second-order valence-corrected chi connectivity index (χ2v) is 6.98. The Balaban J connectivity index is 1.95. The summed E-state index contributed by atoms with van der Waals surface area (Å²) in [4.78, 5) is 0. The lowest BCUT2D eigenvalue weighted by Crippen LogP contribution is -2.06. The van der Waals surface area contributed by atoms with E-state index in [2.05, 4.69) is 39.0 Å². The maximum atomic E-state index is 6.15. The molecule has 0 unspecified atom stereocenters. The summed E-state index contributed by atoms with van der Waals surface area (Å²) >= 11 is 0. The van der Waals surface area contributed by atoms with Gasteiger partial charge in [-0.15, -0.1) is 0 Å². The number of ether oxygens (including phenoxy) is 3. The lowest BCUT2D eigenvalue weighted by atomic mass is 9.92. The molecule has 0 aliphatic rings. The Morgan fingerprint density at radius 1 is 0.679 bits per heavy atom. The highest BCUT2D eigenvalue weighted by atomic mass is 16.5. The van der Waals surface area contributed by atoms with Crippen LogP contribution < -0.4 is 14.2 Å². The van der Waals surface area contributed by atoms with Crippen molar-refractivity contribution in [3.8, 4) is 17.2 Å². The van der Waals surface area contributed by atoms with Crippen LogP contribution in [0.4, 0.5) is 0 Å². The van der Waals surface area contributed by atoms with Gasteiger partial charge < -0.3 is 14.2 Å². The molecule has 3 rings (SSSR count). The van der Waals surface area contributed by atoms with Crippen molar-refractivity contribution in [3.63, 3.8) is 0 Å². The number of rotatable bonds is 7. The van der Waals surface area contributed by atoms with Crippen molar-refractivity contribution in [2.45, 2.75) is 33.8 Å². The molecule has 0 saturated heterocycles. The smallest absolute Gasteiger partial charge is 0.126 e. The highest BCUT2D eigenvalue weighted by Gasteiger charge is 2.20. The molecule has 3 aromatic carbocycles. The van der Waals surface area contributed by atoms with Gasteiger partial charge in [0, 0.05) is 12.0 Å². The van der Waals surface area contributed by atoms with Gasteiger partial charge in [-0.05, 0) is 54.7 Å². The molecule has 3 aromatic rings. The first-order valence-electron chi connectivity index (χ1n) is 9.52. The van der Waals surface area contributed by atoms with Gasteiger partial charge >= 0.3 is 0 Å². The summed E-state index contributed by atoms with van der Waals surface area (Å²) < 4.78 is 17.6. The van der Waals surface area contributed by atoms with Crippen molar-refractivity contribution in [2.75, 3.05) is 14.2 Å². The van der Waals surface area contributed by atoms with Gasteiger partial charge in [-0.3, -0.25) is 0 Å². The highest BCUT2D eigenvalue weighted by Crippen LogP contribution is 2.39. The zero-order valence-corrected chi connectivity index (χ0v) is 17.3. The van der Waals surface area contributed by atoms with Crippen molar-refractivity contribution >= 4 is 0 Å². The van der Waals surface area contributed by atoms with Gasteiger partial charge in [-0.1, -0.05) is 48.5 Å². The van der Waals surface area contributed by atoms with Crippen LogP contribution in [0, 0.1) is 20.8 Å². The van der Waals surface area contributed by atoms with Crippen LogP contribution in [0.5, 0.6) is 17.2 Å². The molecular formula is C25H28O3. The molecule has 0 atom stereocenters. The van der Waals surface area contributed by atoms with Gasteiger partial charge in [0.05, 0.1) is 14.2 Å². The Labute approximate surface area is 167 Å². The van der Waals surface area contributed by atoms with E-state index < -0.39 is 0 Å². The van der Waals surface area contributed by atoms with Crippen LogP contribution >= 0.6 is 0 Å². The molecule has 0 aliphatic heterocycles. The number of hydrogen-bond donors (Lipinski definition) is 0. The molecule has 3 heteroatoms. The van der Waals surface area contributed by atoms with Crippen molar-refractivity contribution in [2.24, 2.45) is 0 Å². The normalized spacial score (nSPS) is 10.6. The molecule has 146 valence electrons. The summed E-state index contributed by atoms with van der Waals surface area (Å²) in [6.45, 7) is 6.79. The molecule has 0 saturated carbocycles. The van der Waals surface area contributed by atoms with E-state index in [9.17, 15) is 0 Å². The lowest BCUT2D eigenvalue weighted by Gasteiger charge is -2.21. The van der Waals surface area contributed by atoms with Crippen LogP contribution in [0.3, 0.4) is 0 Å². The molecule has 3 nitrogen and oxygen atoms in total. The predicted molar refractivity (Wildman–Crippen MR) is 114 cm³/mol. The third kappa shape index (κ3) is 3.99. The topological polar surface area (TPSA) is 27.7 Å². The Morgan fingerprint density at radius 2 is 1.29 bits per heavy atom. The van der Waals surface area contributed by atoms with E-state index in [4.69, 9.17) is 14.2 Å². The second-order valence-electron chi connectivity index (χ2n) is 6.98. The van der Waals surface area contributed by atoms with Crippen LogP contribution in [0.2, 0.25) is 0 Å². The molecule has 0 aromatic heterocycles. The van der Waals surface area contributed by atoms with Crippen LogP contribution in [-0.2, 0) is 13.0 Å².